The van der Waals surface area contributed by atoms with E-state index in [9.17, 15) is 22.0 Å². The molecule has 158 valence electrons. The van der Waals surface area contributed by atoms with Crippen molar-refractivity contribution < 1.29 is 22.0 Å². The van der Waals surface area contributed by atoms with Crippen LogP contribution in [0.2, 0.25) is 0 Å². The highest BCUT2D eigenvalue weighted by molar-refractivity contribution is 5.91. The Labute approximate surface area is 170 Å². The molecule has 2 aromatic carbocycles. The maximum absolute atomic E-state index is 13.4. The molecule has 0 bridgehead atoms. The summed E-state index contributed by atoms with van der Waals surface area (Å²) in [6.07, 6.45) is -2.18. The van der Waals surface area contributed by atoms with E-state index in [2.05, 4.69) is 15.2 Å². The van der Waals surface area contributed by atoms with Crippen LogP contribution in [0.3, 0.4) is 0 Å². The fraction of sp³-hybridized carbons (Fsp3) is 0.318. The summed E-state index contributed by atoms with van der Waals surface area (Å²) in [5.74, 6) is -4.86. The van der Waals surface area contributed by atoms with E-state index >= 15 is 0 Å². The number of anilines is 2. The van der Waals surface area contributed by atoms with Gasteiger partial charge in [-0.15, -0.1) is 0 Å². The van der Waals surface area contributed by atoms with Gasteiger partial charge in [0, 0.05) is 47.7 Å². The fourth-order valence-electron chi connectivity index (χ4n) is 3.80. The minimum absolute atomic E-state index is 0.114. The fourth-order valence-corrected chi connectivity index (χ4v) is 3.80. The number of para-hydroxylation sites is 1. The lowest BCUT2D eigenvalue weighted by Gasteiger charge is -2.35. The van der Waals surface area contributed by atoms with E-state index in [1.165, 1.54) is 12.1 Å². The molecular formula is C22H20F5N3. The van der Waals surface area contributed by atoms with Crippen LogP contribution in [0.15, 0.2) is 60.8 Å². The van der Waals surface area contributed by atoms with Crippen LogP contribution in [0.5, 0.6) is 0 Å². The molecule has 3 aromatic rings. The molecule has 1 aromatic heterocycles. The van der Waals surface area contributed by atoms with Crippen LogP contribution in [0.25, 0.3) is 10.9 Å². The number of pyridine rings is 1. The maximum Gasteiger partial charge on any atom is 0.458 e. The van der Waals surface area contributed by atoms with E-state index in [0.29, 0.717) is 5.69 Å². The third-order valence-corrected chi connectivity index (χ3v) is 5.44. The van der Waals surface area contributed by atoms with Gasteiger partial charge in [0.1, 0.15) is 0 Å². The molecule has 1 fully saturated rings. The smallest absolute Gasteiger partial charge is 0.382 e. The van der Waals surface area contributed by atoms with E-state index < -0.39 is 17.7 Å². The average Bonchev–Trinajstić information content (AvgIpc) is 2.73. The van der Waals surface area contributed by atoms with Crippen LogP contribution in [0.4, 0.5) is 33.3 Å². The molecule has 0 atom stereocenters. The molecular weight excluding hydrogens is 401 g/mol. The van der Waals surface area contributed by atoms with Crippen molar-refractivity contribution in [3.8, 4) is 0 Å². The number of fused-ring (bicyclic) bond motifs is 1. The van der Waals surface area contributed by atoms with Crippen LogP contribution in [0.1, 0.15) is 18.4 Å². The number of hydrogen-bond donors (Lipinski definition) is 1. The quantitative estimate of drug-likeness (QED) is 0.526. The highest BCUT2D eigenvalue weighted by atomic mass is 19.4. The molecule has 0 spiro atoms. The van der Waals surface area contributed by atoms with Gasteiger partial charge in [0.05, 0.1) is 5.52 Å². The van der Waals surface area contributed by atoms with Gasteiger partial charge in [0.2, 0.25) is 0 Å². The zero-order chi connectivity index (χ0) is 21.4. The Balaban J connectivity index is 1.39. The monoisotopic (exact) mass is 421 g/mol. The number of nitrogens with one attached hydrogen (secondary N) is 1. The van der Waals surface area contributed by atoms with Crippen molar-refractivity contribution in [1.82, 2.24) is 4.98 Å². The van der Waals surface area contributed by atoms with Crippen LogP contribution >= 0.6 is 0 Å². The molecule has 0 amide bonds. The van der Waals surface area contributed by atoms with Crippen molar-refractivity contribution >= 4 is 22.3 Å². The van der Waals surface area contributed by atoms with Gasteiger partial charge >= 0.3 is 12.1 Å². The minimum Gasteiger partial charge on any atom is -0.382 e. The molecule has 4 rings (SSSR count). The largest absolute Gasteiger partial charge is 0.458 e. The molecule has 0 radical (unpaired) electrons. The number of nitrogens with zero attached hydrogens (tertiary/aromatic N) is 2. The lowest BCUT2D eigenvalue weighted by atomic mass is 10.0. The lowest BCUT2D eigenvalue weighted by Crippen LogP contribution is -2.39. The summed E-state index contributed by atoms with van der Waals surface area (Å²) < 4.78 is 64.3. The highest BCUT2D eigenvalue weighted by Crippen LogP contribution is 2.44. The van der Waals surface area contributed by atoms with Crippen molar-refractivity contribution in [3.05, 3.63) is 66.4 Å². The third kappa shape index (κ3) is 3.91. The van der Waals surface area contributed by atoms with Crippen molar-refractivity contribution in [1.29, 1.82) is 0 Å². The van der Waals surface area contributed by atoms with Gasteiger partial charge in [-0.2, -0.15) is 22.0 Å². The van der Waals surface area contributed by atoms with Gasteiger partial charge in [0.25, 0.3) is 0 Å². The summed E-state index contributed by atoms with van der Waals surface area (Å²) in [4.78, 5) is 6.67. The molecule has 0 unspecified atom stereocenters. The Bertz CT molecular complexity index is 1000. The number of halogens is 5. The van der Waals surface area contributed by atoms with E-state index in [1.54, 1.807) is 6.20 Å². The first-order valence-corrected chi connectivity index (χ1v) is 9.66. The molecule has 0 saturated carbocycles. The molecule has 1 saturated heterocycles. The Hall–Kier alpha value is -2.90. The molecule has 2 heterocycles. The van der Waals surface area contributed by atoms with Gasteiger partial charge in [-0.25, -0.2) is 0 Å². The second kappa shape index (κ2) is 7.74. The van der Waals surface area contributed by atoms with Crippen molar-refractivity contribution in [3.63, 3.8) is 0 Å². The molecule has 1 N–H and O–H groups in total. The maximum atomic E-state index is 13.4. The standard InChI is InChI=1S/C22H20F5N3/c23-21(24,22(25,26)27)15-5-7-16(8-6-15)29-17-10-13-30(14-11-17)20-9-12-28-19-4-2-1-3-18(19)20/h1-9,12,17,29H,10-11,13-14H2. The lowest BCUT2D eigenvalue weighted by molar-refractivity contribution is -0.289. The van der Waals surface area contributed by atoms with Crippen LogP contribution in [-0.4, -0.2) is 30.3 Å². The molecule has 8 heteroatoms. The molecule has 3 nitrogen and oxygen atoms in total. The van der Waals surface area contributed by atoms with E-state index in [4.69, 9.17) is 0 Å². The number of hydrogen-bond acceptors (Lipinski definition) is 3. The first kappa shape index (κ1) is 20.4. The number of piperidine rings is 1. The summed E-state index contributed by atoms with van der Waals surface area (Å²) in [7, 11) is 0. The number of aromatic nitrogens is 1. The van der Waals surface area contributed by atoms with Crippen LogP contribution in [-0.2, 0) is 5.92 Å². The van der Waals surface area contributed by atoms with Gasteiger partial charge in [-0.3, -0.25) is 4.98 Å². The SMILES string of the molecule is FC(F)(F)C(F)(F)c1ccc(NC2CCN(c3ccnc4ccccc34)CC2)cc1. The molecule has 1 aliphatic heterocycles. The molecule has 0 aliphatic carbocycles. The van der Waals surface area contributed by atoms with Crippen LogP contribution < -0.4 is 10.2 Å². The Kier molecular flexibility index (Phi) is 5.26. The van der Waals surface area contributed by atoms with Gasteiger partial charge in [0.15, 0.2) is 0 Å². The van der Waals surface area contributed by atoms with Crippen molar-refractivity contribution in [2.75, 3.05) is 23.3 Å². The van der Waals surface area contributed by atoms with Gasteiger partial charge in [-0.05, 0) is 37.1 Å². The Morgan fingerprint density at radius 3 is 2.20 bits per heavy atom. The number of rotatable bonds is 4. The summed E-state index contributed by atoms with van der Waals surface area (Å²) in [6, 6.07) is 14.3. The molecule has 1 aliphatic rings. The topological polar surface area (TPSA) is 28.2 Å². The minimum atomic E-state index is -5.61. The highest BCUT2D eigenvalue weighted by Gasteiger charge is 2.58. The summed E-state index contributed by atoms with van der Waals surface area (Å²) >= 11 is 0. The summed E-state index contributed by atoms with van der Waals surface area (Å²) in [5.41, 5.74) is 1.54. The predicted molar refractivity (Wildman–Crippen MR) is 107 cm³/mol. The van der Waals surface area contributed by atoms with Gasteiger partial charge < -0.3 is 10.2 Å². The normalized spacial score (nSPS) is 16.1. The summed E-state index contributed by atoms with van der Waals surface area (Å²) in [6.45, 7) is 1.60. The Morgan fingerprint density at radius 1 is 0.867 bits per heavy atom. The average molecular weight is 421 g/mol. The third-order valence-electron chi connectivity index (χ3n) is 5.44. The van der Waals surface area contributed by atoms with E-state index in [0.717, 1.165) is 54.7 Å². The van der Waals surface area contributed by atoms with Crippen molar-refractivity contribution in [2.45, 2.75) is 31.0 Å². The first-order chi connectivity index (χ1) is 14.3. The van der Waals surface area contributed by atoms with E-state index in [-0.39, 0.29) is 6.04 Å². The van der Waals surface area contributed by atoms with Gasteiger partial charge in [-0.1, -0.05) is 30.3 Å². The number of alkyl halides is 5. The summed E-state index contributed by atoms with van der Waals surface area (Å²) in [5, 5.41) is 4.33. The second-order valence-corrected chi connectivity index (χ2v) is 7.40. The zero-order valence-electron chi connectivity index (χ0n) is 16.0. The predicted octanol–water partition coefficient (Wildman–Crippen LogP) is 5.97. The van der Waals surface area contributed by atoms with Crippen LogP contribution in [0, 0.1) is 0 Å². The van der Waals surface area contributed by atoms with E-state index in [1.807, 2.05) is 30.3 Å². The zero-order valence-corrected chi connectivity index (χ0v) is 16.0. The first-order valence-electron chi connectivity index (χ1n) is 9.66. The Morgan fingerprint density at radius 2 is 1.53 bits per heavy atom. The molecule has 30 heavy (non-hydrogen) atoms. The number of benzene rings is 2. The second-order valence-electron chi connectivity index (χ2n) is 7.40. The van der Waals surface area contributed by atoms with Crippen molar-refractivity contribution in [2.24, 2.45) is 0 Å².